The molecule has 0 bridgehead atoms. The predicted octanol–water partition coefficient (Wildman–Crippen LogP) is 7.13. The van der Waals surface area contributed by atoms with E-state index >= 15 is 0 Å². The first-order chi connectivity index (χ1) is 13.8. The lowest BCUT2D eigenvalue weighted by Crippen LogP contribution is -2.35. The van der Waals surface area contributed by atoms with E-state index in [1.165, 1.54) is 77.0 Å². The molecule has 1 aromatic carbocycles. The number of carbonyl (C=O) groups excluding carboxylic acids is 1. The molecule has 3 heteroatoms. The molecule has 0 saturated carbocycles. The highest BCUT2D eigenvalue weighted by Gasteiger charge is 1.99. The minimum absolute atomic E-state index is 0.0700. The zero-order valence-electron chi connectivity index (χ0n) is 18.1. The molecule has 0 aliphatic carbocycles. The molecule has 0 unspecified atom stereocenters. The molecule has 0 heterocycles. The number of nitrogens with one attached hydrogen (secondary N) is 2. The fraction of sp³-hybridized carbons (Fsp3) is 0.640. The Balaban J connectivity index is 1.80. The molecule has 0 aromatic heterocycles. The van der Waals surface area contributed by atoms with Gasteiger partial charge in [0.25, 0.3) is 0 Å². The number of hydrogen-bond acceptors (Lipinski definition) is 1. The minimum Gasteiger partial charge on any atom is -0.338 e. The zero-order chi connectivity index (χ0) is 20.1. The Morgan fingerprint density at radius 2 is 1.32 bits per heavy atom. The average Bonchev–Trinajstić information content (AvgIpc) is 2.72. The molecule has 3 nitrogen and oxygen atoms in total. The van der Waals surface area contributed by atoms with E-state index in [0.29, 0.717) is 6.54 Å². The average molecular weight is 387 g/mol. The van der Waals surface area contributed by atoms with Crippen LogP contribution in [-0.2, 0) is 6.54 Å². The third-order valence-electron chi connectivity index (χ3n) is 5.02. The Kier molecular flexibility index (Phi) is 16.1. The van der Waals surface area contributed by atoms with Crippen molar-refractivity contribution in [2.75, 3.05) is 6.54 Å². The molecule has 0 saturated heterocycles. The van der Waals surface area contributed by atoms with E-state index in [2.05, 4.69) is 29.7 Å². The van der Waals surface area contributed by atoms with E-state index in [-0.39, 0.29) is 6.03 Å². The molecule has 28 heavy (non-hydrogen) atoms. The Morgan fingerprint density at radius 3 is 1.96 bits per heavy atom. The first-order valence-electron chi connectivity index (χ1n) is 11.5. The van der Waals surface area contributed by atoms with Gasteiger partial charge in [0.1, 0.15) is 0 Å². The van der Waals surface area contributed by atoms with Gasteiger partial charge in [0, 0.05) is 13.1 Å². The van der Waals surface area contributed by atoms with Gasteiger partial charge >= 0.3 is 6.03 Å². The van der Waals surface area contributed by atoms with E-state index in [0.717, 1.165) is 18.5 Å². The predicted molar refractivity (Wildman–Crippen MR) is 122 cm³/mol. The topological polar surface area (TPSA) is 41.1 Å². The molecule has 0 fully saturated rings. The molecule has 1 aromatic rings. The molecule has 0 aliphatic rings. The van der Waals surface area contributed by atoms with Gasteiger partial charge in [-0.05, 0) is 37.7 Å². The number of unbranched alkanes of at least 4 members (excludes halogenated alkanes) is 11. The Hall–Kier alpha value is -1.77. The van der Waals surface area contributed by atoms with Gasteiger partial charge in [-0.3, -0.25) is 0 Å². The number of allylic oxidation sites excluding steroid dienone is 2. The highest BCUT2D eigenvalue weighted by Crippen LogP contribution is 2.09. The number of carbonyl (C=O) groups is 1. The van der Waals surface area contributed by atoms with Gasteiger partial charge in [0.15, 0.2) is 0 Å². The van der Waals surface area contributed by atoms with E-state index in [9.17, 15) is 4.79 Å². The lowest BCUT2D eigenvalue weighted by atomic mass is 10.1. The van der Waals surface area contributed by atoms with Crippen molar-refractivity contribution in [3.05, 3.63) is 48.0 Å². The third-order valence-corrected chi connectivity index (χ3v) is 5.02. The summed E-state index contributed by atoms with van der Waals surface area (Å²) in [5, 5.41) is 5.83. The SMILES string of the molecule is CCCCCCCC/C=C\CCCCCCCNC(=O)NCc1ccccc1. The van der Waals surface area contributed by atoms with Crippen molar-refractivity contribution >= 4 is 6.03 Å². The Morgan fingerprint density at radius 1 is 0.750 bits per heavy atom. The fourth-order valence-corrected chi connectivity index (χ4v) is 3.24. The summed E-state index contributed by atoms with van der Waals surface area (Å²) >= 11 is 0. The van der Waals surface area contributed by atoms with Crippen molar-refractivity contribution in [2.45, 2.75) is 96.9 Å². The minimum atomic E-state index is -0.0700. The van der Waals surface area contributed by atoms with Crippen molar-refractivity contribution in [3.8, 4) is 0 Å². The Bertz CT molecular complexity index is 499. The molecular formula is C25H42N2O. The van der Waals surface area contributed by atoms with Crippen LogP contribution in [0.4, 0.5) is 4.79 Å². The first-order valence-corrected chi connectivity index (χ1v) is 11.5. The monoisotopic (exact) mass is 386 g/mol. The van der Waals surface area contributed by atoms with Crippen molar-refractivity contribution < 1.29 is 4.79 Å². The number of amides is 2. The van der Waals surface area contributed by atoms with Crippen LogP contribution in [0.3, 0.4) is 0 Å². The highest BCUT2D eigenvalue weighted by atomic mass is 16.2. The molecular weight excluding hydrogens is 344 g/mol. The molecule has 2 N–H and O–H groups in total. The van der Waals surface area contributed by atoms with Gasteiger partial charge in [-0.2, -0.15) is 0 Å². The van der Waals surface area contributed by atoms with Gasteiger partial charge in [0.05, 0.1) is 0 Å². The summed E-state index contributed by atoms with van der Waals surface area (Å²) in [6.45, 7) is 3.62. The van der Waals surface area contributed by atoms with Crippen molar-refractivity contribution in [3.63, 3.8) is 0 Å². The summed E-state index contributed by atoms with van der Waals surface area (Å²) in [7, 11) is 0. The summed E-state index contributed by atoms with van der Waals surface area (Å²) < 4.78 is 0. The van der Waals surface area contributed by atoms with Crippen LogP contribution in [0.2, 0.25) is 0 Å². The molecule has 158 valence electrons. The highest BCUT2D eigenvalue weighted by molar-refractivity contribution is 5.73. The van der Waals surface area contributed by atoms with E-state index in [1.807, 2.05) is 30.3 Å². The van der Waals surface area contributed by atoms with Gasteiger partial charge in [-0.15, -0.1) is 0 Å². The summed E-state index contributed by atoms with van der Waals surface area (Å²) in [4.78, 5) is 11.7. The second kappa shape index (κ2) is 18.6. The van der Waals surface area contributed by atoms with E-state index in [1.54, 1.807) is 0 Å². The smallest absolute Gasteiger partial charge is 0.315 e. The zero-order valence-corrected chi connectivity index (χ0v) is 18.1. The quantitative estimate of drug-likeness (QED) is 0.217. The largest absolute Gasteiger partial charge is 0.338 e. The van der Waals surface area contributed by atoms with Gasteiger partial charge in [-0.1, -0.05) is 101 Å². The third kappa shape index (κ3) is 15.3. The van der Waals surface area contributed by atoms with E-state index in [4.69, 9.17) is 0 Å². The van der Waals surface area contributed by atoms with Crippen molar-refractivity contribution in [2.24, 2.45) is 0 Å². The molecule has 0 aliphatic heterocycles. The van der Waals surface area contributed by atoms with Crippen LogP contribution in [0.15, 0.2) is 42.5 Å². The molecule has 0 radical (unpaired) electrons. The van der Waals surface area contributed by atoms with Gasteiger partial charge in [0.2, 0.25) is 0 Å². The number of urea groups is 1. The maximum atomic E-state index is 11.7. The number of benzene rings is 1. The van der Waals surface area contributed by atoms with Crippen LogP contribution >= 0.6 is 0 Å². The van der Waals surface area contributed by atoms with E-state index < -0.39 is 0 Å². The van der Waals surface area contributed by atoms with Crippen molar-refractivity contribution in [1.29, 1.82) is 0 Å². The maximum Gasteiger partial charge on any atom is 0.315 e. The molecule has 0 atom stereocenters. The normalized spacial score (nSPS) is 11.0. The summed E-state index contributed by atoms with van der Waals surface area (Å²) in [6.07, 6.45) is 21.6. The van der Waals surface area contributed by atoms with Crippen LogP contribution in [0.5, 0.6) is 0 Å². The standard InChI is InChI=1S/C25H42N2O/c1-2-3-4-5-6-7-8-9-10-11-12-13-14-15-19-22-26-25(28)27-23-24-20-17-16-18-21-24/h9-10,16-18,20-21H,2-8,11-15,19,22-23H2,1H3,(H2,26,27,28)/b10-9-. The van der Waals surface area contributed by atoms with Crippen LogP contribution in [0.25, 0.3) is 0 Å². The number of rotatable bonds is 17. The van der Waals surface area contributed by atoms with Gasteiger partial charge < -0.3 is 10.6 Å². The maximum absolute atomic E-state index is 11.7. The number of hydrogen-bond donors (Lipinski definition) is 2. The summed E-state index contributed by atoms with van der Waals surface area (Å²) in [5.74, 6) is 0. The lowest BCUT2D eigenvalue weighted by molar-refractivity contribution is 0.240. The van der Waals surface area contributed by atoms with Gasteiger partial charge in [-0.25, -0.2) is 4.79 Å². The molecule has 0 spiro atoms. The lowest BCUT2D eigenvalue weighted by Gasteiger charge is -2.07. The molecule has 2 amide bonds. The summed E-state index contributed by atoms with van der Waals surface area (Å²) in [6, 6.07) is 9.92. The van der Waals surface area contributed by atoms with Crippen LogP contribution in [-0.4, -0.2) is 12.6 Å². The molecule has 1 rings (SSSR count). The fourth-order valence-electron chi connectivity index (χ4n) is 3.24. The second-order valence-corrected chi connectivity index (χ2v) is 7.68. The van der Waals surface area contributed by atoms with Crippen LogP contribution in [0.1, 0.15) is 96.0 Å². The second-order valence-electron chi connectivity index (χ2n) is 7.68. The summed E-state index contributed by atoms with van der Waals surface area (Å²) in [5.41, 5.74) is 1.12. The first kappa shape index (κ1) is 24.3. The van der Waals surface area contributed by atoms with Crippen LogP contribution in [0, 0.1) is 0 Å². The van der Waals surface area contributed by atoms with Crippen LogP contribution < -0.4 is 10.6 Å². The Labute approximate surface area is 173 Å². The van der Waals surface area contributed by atoms with Crippen molar-refractivity contribution in [1.82, 2.24) is 10.6 Å².